The van der Waals surface area contributed by atoms with Crippen LogP contribution in [0.25, 0.3) is 0 Å². The van der Waals surface area contributed by atoms with E-state index in [-0.39, 0.29) is 17.8 Å². The van der Waals surface area contributed by atoms with Gasteiger partial charge in [-0.1, -0.05) is 0 Å². The van der Waals surface area contributed by atoms with Crippen LogP contribution in [-0.2, 0) is 10.0 Å². The zero-order chi connectivity index (χ0) is 16.9. The van der Waals surface area contributed by atoms with Crippen LogP contribution in [0.3, 0.4) is 0 Å². The van der Waals surface area contributed by atoms with E-state index >= 15 is 0 Å². The van der Waals surface area contributed by atoms with Crippen molar-refractivity contribution in [2.24, 2.45) is 0 Å². The van der Waals surface area contributed by atoms with Gasteiger partial charge in [0.25, 0.3) is 5.16 Å². The standard InChI is InChI=1S/C12H10F4N4O2S/c1-19(16)23(21,22)12-17-11-9(15)5-10(20(11)18-12)6-2-7(13)4-8(14)3-6/h2-4,9-10H,5H2,1H3/t9-,10-/m0/s1. The number of aromatic nitrogens is 3. The number of hydrogen-bond acceptors (Lipinski definition) is 4. The van der Waals surface area contributed by atoms with Crippen molar-refractivity contribution in [2.75, 3.05) is 7.05 Å². The summed E-state index contributed by atoms with van der Waals surface area (Å²) >= 11 is 0. The van der Waals surface area contributed by atoms with Crippen molar-refractivity contribution < 1.29 is 26.1 Å². The SMILES string of the molecule is CN(F)S(=O)(=O)c1nc2n(n1)[C@H](c1cc(F)cc(F)c1)C[C@@H]2F. The van der Waals surface area contributed by atoms with E-state index in [1.54, 1.807) is 0 Å². The Hall–Kier alpha value is -2.01. The molecule has 23 heavy (non-hydrogen) atoms. The zero-order valence-corrected chi connectivity index (χ0v) is 12.4. The third-order valence-electron chi connectivity index (χ3n) is 3.48. The number of alkyl halides is 1. The Bertz CT molecular complexity index is 848. The van der Waals surface area contributed by atoms with E-state index in [1.807, 2.05) is 0 Å². The van der Waals surface area contributed by atoms with E-state index in [4.69, 9.17) is 0 Å². The lowest BCUT2D eigenvalue weighted by Crippen LogP contribution is -2.20. The first kappa shape index (κ1) is 15.9. The van der Waals surface area contributed by atoms with Crippen LogP contribution in [-0.4, -0.2) is 34.8 Å². The number of benzene rings is 1. The molecular weight excluding hydrogens is 340 g/mol. The molecule has 124 valence electrons. The van der Waals surface area contributed by atoms with E-state index < -0.39 is 43.6 Å². The summed E-state index contributed by atoms with van der Waals surface area (Å²) < 4.78 is 77.4. The number of sulfonamides is 1. The van der Waals surface area contributed by atoms with Gasteiger partial charge < -0.3 is 0 Å². The van der Waals surface area contributed by atoms with Crippen LogP contribution in [0.5, 0.6) is 0 Å². The minimum absolute atomic E-state index is 0.0753. The van der Waals surface area contributed by atoms with E-state index in [2.05, 4.69) is 10.1 Å². The molecule has 0 spiro atoms. The van der Waals surface area contributed by atoms with Gasteiger partial charge in [-0.05, 0) is 22.2 Å². The Kier molecular flexibility index (Phi) is 3.64. The summed E-state index contributed by atoms with van der Waals surface area (Å²) in [7, 11) is -3.96. The molecule has 0 amide bonds. The molecule has 2 heterocycles. The minimum atomic E-state index is -4.59. The molecular formula is C12H10F4N4O2S. The summed E-state index contributed by atoms with van der Waals surface area (Å²) in [5.41, 5.74) is 0.0753. The van der Waals surface area contributed by atoms with Crippen LogP contribution in [0, 0.1) is 11.6 Å². The highest BCUT2D eigenvalue weighted by Gasteiger charge is 2.39. The molecule has 1 aliphatic rings. The average molecular weight is 350 g/mol. The summed E-state index contributed by atoms with van der Waals surface area (Å²) in [6.07, 6.45) is -1.89. The molecule has 2 aromatic rings. The molecule has 6 nitrogen and oxygen atoms in total. The van der Waals surface area contributed by atoms with Crippen molar-refractivity contribution in [3.63, 3.8) is 0 Å². The molecule has 1 aromatic heterocycles. The lowest BCUT2D eigenvalue weighted by molar-refractivity contribution is 0.176. The number of hydrogen-bond donors (Lipinski definition) is 0. The second kappa shape index (κ2) is 5.27. The van der Waals surface area contributed by atoms with Gasteiger partial charge in [-0.15, -0.1) is 9.58 Å². The zero-order valence-electron chi connectivity index (χ0n) is 11.6. The van der Waals surface area contributed by atoms with Crippen LogP contribution >= 0.6 is 0 Å². The third kappa shape index (κ3) is 2.59. The number of fused-ring (bicyclic) bond motifs is 1. The van der Waals surface area contributed by atoms with Gasteiger partial charge in [0.2, 0.25) is 0 Å². The van der Waals surface area contributed by atoms with Crippen molar-refractivity contribution in [2.45, 2.75) is 23.8 Å². The topological polar surface area (TPSA) is 68.1 Å². The molecule has 0 unspecified atom stereocenters. The Morgan fingerprint density at radius 3 is 2.43 bits per heavy atom. The van der Waals surface area contributed by atoms with Crippen molar-refractivity contribution in [1.29, 1.82) is 0 Å². The Morgan fingerprint density at radius 2 is 1.87 bits per heavy atom. The summed E-state index contributed by atoms with van der Waals surface area (Å²) in [6.45, 7) is 0. The van der Waals surface area contributed by atoms with Gasteiger partial charge in [-0.25, -0.2) is 26.3 Å². The third-order valence-corrected chi connectivity index (χ3v) is 4.77. The van der Waals surface area contributed by atoms with Crippen LogP contribution in [0.4, 0.5) is 17.7 Å². The van der Waals surface area contributed by atoms with Crippen LogP contribution in [0.15, 0.2) is 23.4 Å². The summed E-state index contributed by atoms with van der Waals surface area (Å²) in [6, 6.07) is 1.70. The fourth-order valence-electron chi connectivity index (χ4n) is 2.43. The van der Waals surface area contributed by atoms with Gasteiger partial charge >= 0.3 is 10.0 Å². The second-order valence-corrected chi connectivity index (χ2v) is 6.83. The maximum absolute atomic E-state index is 14.0. The molecule has 0 aliphatic carbocycles. The highest BCUT2D eigenvalue weighted by atomic mass is 32.2. The van der Waals surface area contributed by atoms with Gasteiger partial charge in [0.15, 0.2) is 12.0 Å². The summed E-state index contributed by atoms with van der Waals surface area (Å²) in [5.74, 6) is -2.05. The number of halogens is 4. The normalized spacial score (nSPS) is 21.0. The smallest absolute Gasteiger partial charge is 0.239 e. The first-order valence-electron chi connectivity index (χ1n) is 6.41. The van der Waals surface area contributed by atoms with Crippen molar-refractivity contribution in [3.8, 4) is 0 Å². The number of nitrogens with zero attached hydrogens (tertiary/aromatic N) is 4. The molecule has 3 rings (SSSR count). The second-order valence-electron chi connectivity index (χ2n) is 5.01. The fraction of sp³-hybridized carbons (Fsp3) is 0.333. The lowest BCUT2D eigenvalue weighted by Gasteiger charge is -2.12. The molecule has 0 N–H and O–H groups in total. The van der Waals surface area contributed by atoms with Crippen LogP contribution in [0.2, 0.25) is 0 Å². The molecule has 0 saturated carbocycles. The van der Waals surface area contributed by atoms with Gasteiger partial charge in [0.1, 0.15) is 11.6 Å². The van der Waals surface area contributed by atoms with Crippen molar-refractivity contribution in [1.82, 2.24) is 19.3 Å². The van der Waals surface area contributed by atoms with Gasteiger partial charge in [-0.2, -0.15) is 4.98 Å². The Labute approximate surface area is 128 Å². The molecule has 0 saturated heterocycles. The monoisotopic (exact) mass is 350 g/mol. The predicted octanol–water partition coefficient (Wildman–Crippen LogP) is 2.06. The van der Waals surface area contributed by atoms with Crippen LogP contribution < -0.4 is 0 Å². The Morgan fingerprint density at radius 1 is 1.26 bits per heavy atom. The molecule has 0 radical (unpaired) electrons. The first-order valence-corrected chi connectivity index (χ1v) is 7.85. The molecule has 11 heteroatoms. The predicted molar refractivity (Wildman–Crippen MR) is 69.0 cm³/mol. The van der Waals surface area contributed by atoms with E-state index in [0.717, 1.165) is 16.8 Å². The fourth-order valence-corrected chi connectivity index (χ4v) is 3.05. The quantitative estimate of drug-likeness (QED) is 0.628. The summed E-state index contributed by atoms with van der Waals surface area (Å²) in [5, 5.41) is 2.69. The maximum atomic E-state index is 14.0. The largest absolute Gasteiger partial charge is 0.306 e. The van der Waals surface area contributed by atoms with Gasteiger partial charge in [-0.3, -0.25) is 0 Å². The molecule has 0 fully saturated rings. The van der Waals surface area contributed by atoms with Gasteiger partial charge in [0.05, 0.1) is 6.04 Å². The molecule has 2 atom stereocenters. The van der Waals surface area contributed by atoms with E-state index in [9.17, 15) is 26.1 Å². The summed E-state index contributed by atoms with van der Waals surface area (Å²) in [4.78, 5) is 3.51. The number of rotatable bonds is 3. The minimum Gasteiger partial charge on any atom is -0.239 e. The van der Waals surface area contributed by atoms with Crippen molar-refractivity contribution >= 4 is 10.0 Å². The maximum Gasteiger partial charge on any atom is 0.306 e. The molecule has 0 bridgehead atoms. The lowest BCUT2D eigenvalue weighted by atomic mass is 10.0. The van der Waals surface area contributed by atoms with E-state index in [1.165, 1.54) is 0 Å². The average Bonchev–Trinajstić information content (AvgIpc) is 2.99. The van der Waals surface area contributed by atoms with Gasteiger partial charge in [0, 0.05) is 19.5 Å². The van der Waals surface area contributed by atoms with E-state index in [0.29, 0.717) is 13.1 Å². The van der Waals surface area contributed by atoms with Crippen molar-refractivity contribution in [3.05, 3.63) is 41.2 Å². The Balaban J connectivity index is 2.09. The first-order chi connectivity index (χ1) is 10.7. The van der Waals surface area contributed by atoms with Crippen LogP contribution in [0.1, 0.15) is 30.0 Å². The highest BCUT2D eigenvalue weighted by molar-refractivity contribution is 7.88. The molecule has 1 aromatic carbocycles. The highest BCUT2D eigenvalue weighted by Crippen LogP contribution is 2.40. The molecule has 1 aliphatic heterocycles.